The van der Waals surface area contributed by atoms with Crippen LogP contribution >= 0.6 is 46.4 Å². The number of aromatic amines is 2. The number of fused-ring (bicyclic) bond motifs is 6. The molecule has 16 heteroatoms. The van der Waals surface area contributed by atoms with E-state index in [1.54, 1.807) is 67.3 Å². The van der Waals surface area contributed by atoms with Gasteiger partial charge in [-0.05, 0) is 119 Å². The maximum Gasteiger partial charge on any atom is 0.181 e. The molecule has 0 saturated heterocycles. The summed E-state index contributed by atoms with van der Waals surface area (Å²) in [5.74, 6) is 0. The summed E-state index contributed by atoms with van der Waals surface area (Å²) in [6.07, 6.45) is 14.8. The summed E-state index contributed by atoms with van der Waals surface area (Å²) in [6.45, 7) is -0.444. The third kappa shape index (κ3) is 7.55. The van der Waals surface area contributed by atoms with Gasteiger partial charge in [-0.3, -0.25) is 29.9 Å². The number of rotatable bonds is 12. The van der Waals surface area contributed by atoms with Crippen molar-refractivity contribution in [3.8, 4) is 0 Å². The summed E-state index contributed by atoms with van der Waals surface area (Å²) in [4.78, 5) is 28.9. The second-order valence-electron chi connectivity index (χ2n) is 15.7. The van der Waals surface area contributed by atoms with Gasteiger partial charge >= 0.3 is 0 Å². The Balaban J connectivity index is 1.41. The molecular weight excluding hydrogens is 894 g/mol. The van der Waals surface area contributed by atoms with Gasteiger partial charge in [0.2, 0.25) is 0 Å². The molecule has 6 aromatic rings. The van der Waals surface area contributed by atoms with E-state index in [1.165, 1.54) is 0 Å². The van der Waals surface area contributed by atoms with Crippen LogP contribution in [-0.4, -0.2) is 98.2 Å². The van der Waals surface area contributed by atoms with Crippen LogP contribution in [0.3, 0.4) is 0 Å². The Hall–Kier alpha value is -5.28. The predicted molar refractivity (Wildman–Crippen MR) is 250 cm³/mol. The van der Waals surface area contributed by atoms with Crippen molar-refractivity contribution in [3.63, 3.8) is 0 Å². The maximum atomic E-state index is 9.93. The van der Waals surface area contributed by atoms with Gasteiger partial charge in [0.1, 0.15) is 0 Å². The van der Waals surface area contributed by atoms with Gasteiger partial charge in [-0.15, -0.1) is 23.2 Å². The number of aliphatic imine (C=N–C) groups is 2. The van der Waals surface area contributed by atoms with Gasteiger partial charge in [0.15, 0.2) is 19.7 Å². The first-order valence-electron chi connectivity index (χ1n) is 20.7. The number of nitrogens with zero attached hydrogens (tertiary/aromatic N) is 6. The van der Waals surface area contributed by atoms with E-state index < -0.39 is 19.7 Å². The van der Waals surface area contributed by atoms with E-state index >= 15 is 0 Å². The van der Waals surface area contributed by atoms with E-state index in [2.05, 4.69) is 29.9 Å². The van der Waals surface area contributed by atoms with E-state index in [9.17, 15) is 20.4 Å². The normalized spacial score (nSPS) is 23.8. The average molecular weight is 937 g/mol. The summed E-state index contributed by atoms with van der Waals surface area (Å²) in [6, 6.07) is 22.4. The van der Waals surface area contributed by atoms with Gasteiger partial charge < -0.3 is 30.4 Å². The van der Waals surface area contributed by atoms with Crippen molar-refractivity contribution in [3.05, 3.63) is 189 Å². The maximum absolute atomic E-state index is 9.93. The molecule has 0 fully saturated rings. The van der Waals surface area contributed by atoms with Crippen LogP contribution < -0.4 is 10.7 Å². The van der Waals surface area contributed by atoms with Crippen LogP contribution in [0.2, 0.25) is 0 Å². The third-order valence-electron chi connectivity index (χ3n) is 11.7. The van der Waals surface area contributed by atoms with Crippen molar-refractivity contribution >= 4 is 69.0 Å². The molecule has 0 amide bonds. The van der Waals surface area contributed by atoms with Gasteiger partial charge in [-0.1, -0.05) is 23.2 Å². The molecule has 3 aliphatic heterocycles. The molecule has 0 saturated carbocycles. The molecule has 64 heavy (non-hydrogen) atoms. The van der Waals surface area contributed by atoms with Crippen molar-refractivity contribution in [1.82, 2.24) is 29.9 Å². The van der Waals surface area contributed by atoms with Crippen LogP contribution in [0.15, 0.2) is 132 Å². The smallest absolute Gasteiger partial charge is 0.181 e. The molecule has 0 aromatic carbocycles. The number of H-pyrrole nitrogens is 2. The summed E-state index contributed by atoms with van der Waals surface area (Å²) >= 11 is 31.9. The largest absolute Gasteiger partial charge is 0.396 e. The van der Waals surface area contributed by atoms with Gasteiger partial charge in [0.05, 0.1) is 11.4 Å². The molecule has 4 atom stereocenters. The van der Waals surface area contributed by atoms with E-state index in [4.69, 9.17) is 56.4 Å². The van der Waals surface area contributed by atoms with Crippen molar-refractivity contribution in [2.45, 2.75) is 45.4 Å². The Morgan fingerprint density at radius 3 is 1.55 bits per heavy atom. The van der Waals surface area contributed by atoms with E-state index in [-0.39, 0.29) is 45.0 Å². The van der Waals surface area contributed by atoms with Gasteiger partial charge in [-0.25, -0.2) is 0 Å². The zero-order valence-corrected chi connectivity index (χ0v) is 37.2. The molecule has 6 N–H and O–H groups in total. The van der Waals surface area contributed by atoms with Crippen LogP contribution in [-0.2, 0) is 35.4 Å². The molecule has 12 nitrogen and oxygen atoms in total. The average Bonchev–Trinajstić information content (AvgIpc) is 4.14. The predicted octanol–water partition coefficient (Wildman–Crippen LogP) is 5.03. The summed E-state index contributed by atoms with van der Waals surface area (Å²) in [5, 5.41) is 41.0. The fraction of sp³-hybridized carbons (Fsp3) is 0.250. The first-order valence-corrected chi connectivity index (χ1v) is 22.2. The Morgan fingerprint density at radius 2 is 0.969 bits per heavy atom. The zero-order valence-electron chi connectivity index (χ0n) is 34.2. The molecule has 0 aliphatic carbocycles. The third-order valence-corrected chi connectivity index (χ3v) is 14.3. The fourth-order valence-electron chi connectivity index (χ4n) is 8.65. The number of aliphatic hydroxyl groups excluding tert-OH is 4. The lowest BCUT2D eigenvalue weighted by molar-refractivity contribution is 0.298. The number of allylic oxidation sites excluding steroid dienone is 2. The lowest BCUT2D eigenvalue weighted by atomic mass is 9.85. The van der Waals surface area contributed by atoms with Crippen LogP contribution in [0.4, 0.5) is 0 Å². The number of hydrogen-bond acceptors (Lipinski definition) is 10. The molecule has 4 unspecified atom stereocenters. The van der Waals surface area contributed by atoms with Crippen molar-refractivity contribution < 1.29 is 20.4 Å². The lowest BCUT2D eigenvalue weighted by Crippen LogP contribution is -2.47. The molecule has 0 spiro atoms. The number of aromatic nitrogens is 6. The van der Waals surface area contributed by atoms with Crippen LogP contribution in [0, 0.1) is 0 Å². The molecule has 326 valence electrons. The Bertz CT molecular complexity index is 3020. The number of pyridine rings is 4. The highest BCUT2D eigenvalue weighted by molar-refractivity contribution is 6.48. The summed E-state index contributed by atoms with van der Waals surface area (Å²) < 4.78 is 0. The highest BCUT2D eigenvalue weighted by Gasteiger charge is 2.60. The molecule has 0 radical (unpaired) electrons. The first kappa shape index (κ1) is 43.9. The minimum Gasteiger partial charge on any atom is -0.396 e. The van der Waals surface area contributed by atoms with Gasteiger partial charge in [-0.2, -0.15) is 0 Å². The SMILES string of the molecule is OCCc1cc(C2=c3ccc([nH]3)=C(c3ccnc(CCO)c3)c3ccc([nH]3)C(Cl)(c3ccnc(CCO)c3)C3(Cl)C=CC(=N3)C(Cl)(c3ccnc(CCO)c3)C3(Cl)C=CC2=N3)ccn1. The molecule has 9 heterocycles. The fourth-order valence-corrected chi connectivity index (χ4v) is 10.0. The molecule has 6 aromatic heterocycles. The molecule has 9 rings (SSSR count). The highest BCUT2D eigenvalue weighted by Crippen LogP contribution is 2.57. The summed E-state index contributed by atoms with van der Waals surface area (Å²) in [7, 11) is 0. The zero-order chi connectivity index (χ0) is 44.7. The van der Waals surface area contributed by atoms with Crippen molar-refractivity contribution in [1.29, 1.82) is 0 Å². The first-order chi connectivity index (χ1) is 31.0. The Labute approximate surface area is 388 Å². The van der Waals surface area contributed by atoms with Crippen LogP contribution in [0.25, 0.3) is 11.1 Å². The van der Waals surface area contributed by atoms with Crippen LogP contribution in [0.1, 0.15) is 56.4 Å². The Morgan fingerprint density at radius 1 is 0.484 bits per heavy atom. The minimum atomic E-state index is -1.77. The van der Waals surface area contributed by atoms with Crippen molar-refractivity contribution in [2.24, 2.45) is 9.98 Å². The standard InChI is InChI=1S/C48H42Cl4N8O4/c49-45-15-5-40(59-45)44(30-8-18-54-34(26-30)12-22-62)38-2-1-37(57-38)43(29-7-17-53-33(25-29)11-21-61)39-3-4-41(58-39)47(51,31-9-19-55-35(27-31)13-23-63)46(50)16-6-42(60-46)48(45,52)32-10-20-56-36(28-32)14-24-64/h1-10,15-20,25-28,57-58,61-64H,11-14,21-24H2. The van der Waals surface area contributed by atoms with Gasteiger partial charge in [0.25, 0.3) is 0 Å². The Kier molecular flexibility index (Phi) is 12.1. The van der Waals surface area contributed by atoms with E-state index in [1.807, 2.05) is 54.6 Å². The minimum absolute atomic E-state index is 0.0767. The number of alkyl halides is 4. The number of halogens is 4. The molecule has 8 bridgehead atoms. The number of nitrogens with one attached hydrogen (secondary N) is 2. The highest BCUT2D eigenvalue weighted by atomic mass is 35.5. The molecular formula is C48H42Cl4N8O4. The number of hydrogen-bond donors (Lipinski definition) is 6. The van der Waals surface area contributed by atoms with Crippen molar-refractivity contribution in [2.75, 3.05) is 26.4 Å². The van der Waals surface area contributed by atoms with E-state index in [0.29, 0.717) is 80.1 Å². The topological polar surface area (TPSA) is 189 Å². The van der Waals surface area contributed by atoms with Gasteiger partial charge in [0, 0.05) is 133 Å². The second kappa shape index (κ2) is 17.6. The number of aliphatic hydroxyl groups is 4. The molecule has 3 aliphatic rings. The summed E-state index contributed by atoms with van der Waals surface area (Å²) in [5.41, 5.74) is 8.46. The van der Waals surface area contributed by atoms with E-state index in [0.717, 1.165) is 16.7 Å². The second-order valence-corrected chi connectivity index (χ2v) is 18.0. The lowest BCUT2D eigenvalue weighted by Gasteiger charge is -2.39. The van der Waals surface area contributed by atoms with Crippen LogP contribution in [0.5, 0.6) is 0 Å². The monoisotopic (exact) mass is 934 g/mol. The quantitative estimate of drug-likeness (QED) is 0.0729.